The van der Waals surface area contributed by atoms with Crippen LogP contribution in [0.4, 0.5) is 0 Å². The number of hydrogen-bond donors (Lipinski definition) is 1. The normalized spacial score (nSPS) is 11.2. The van der Waals surface area contributed by atoms with Gasteiger partial charge < -0.3 is 4.98 Å². The fourth-order valence-corrected chi connectivity index (χ4v) is 3.15. The van der Waals surface area contributed by atoms with E-state index in [9.17, 15) is 4.79 Å². The number of nitrogens with one attached hydrogen (secondary N) is 1. The summed E-state index contributed by atoms with van der Waals surface area (Å²) < 4.78 is 0. The second-order valence-electron chi connectivity index (χ2n) is 6.05. The third-order valence-electron chi connectivity index (χ3n) is 4.40. The van der Waals surface area contributed by atoms with Gasteiger partial charge in [0.25, 0.3) is 0 Å². The largest absolute Gasteiger partial charge is 0.339 e. The maximum atomic E-state index is 12.2. The number of carbonyl (C=O) groups is 1. The number of nitrogens with zero attached hydrogens (tertiary/aromatic N) is 1. The van der Waals surface area contributed by atoms with Gasteiger partial charge in [0, 0.05) is 34.5 Å². The van der Waals surface area contributed by atoms with Crippen molar-refractivity contribution in [3.8, 4) is 0 Å². The van der Waals surface area contributed by atoms with Crippen molar-refractivity contribution in [2.75, 3.05) is 0 Å². The van der Waals surface area contributed by atoms with Gasteiger partial charge in [0.15, 0.2) is 5.78 Å². The Labute approximate surface area is 140 Å². The first-order chi connectivity index (χ1) is 11.8. The van der Waals surface area contributed by atoms with Crippen molar-refractivity contribution in [3.05, 3.63) is 78.0 Å². The van der Waals surface area contributed by atoms with Crippen molar-refractivity contribution in [2.24, 2.45) is 0 Å². The molecule has 0 amide bonds. The fourth-order valence-electron chi connectivity index (χ4n) is 3.15. The molecule has 24 heavy (non-hydrogen) atoms. The molecular weight excluding hydrogens is 296 g/mol. The van der Waals surface area contributed by atoms with Crippen LogP contribution in [0.1, 0.15) is 28.8 Å². The van der Waals surface area contributed by atoms with Crippen LogP contribution in [0.3, 0.4) is 0 Å². The summed E-state index contributed by atoms with van der Waals surface area (Å²) in [5.74, 6) is 0.216. The molecule has 0 aliphatic heterocycles. The summed E-state index contributed by atoms with van der Waals surface area (Å²) in [6.45, 7) is 0. The molecule has 2 heterocycles. The summed E-state index contributed by atoms with van der Waals surface area (Å²) in [5.41, 5.74) is 4.08. The lowest BCUT2D eigenvalue weighted by molar-refractivity contribution is 0.0980. The molecule has 0 atom stereocenters. The minimum Gasteiger partial charge on any atom is -0.339 e. The summed E-state index contributed by atoms with van der Waals surface area (Å²) in [4.78, 5) is 19.9. The van der Waals surface area contributed by atoms with Crippen LogP contribution in [0.25, 0.3) is 21.9 Å². The van der Waals surface area contributed by atoms with Crippen molar-refractivity contribution < 1.29 is 4.79 Å². The minimum atomic E-state index is 0.216. The molecule has 4 aromatic rings. The topological polar surface area (TPSA) is 45.8 Å². The molecule has 3 heteroatoms. The molecule has 0 fully saturated rings. The highest BCUT2D eigenvalue weighted by molar-refractivity contribution is 6.05. The average Bonchev–Trinajstić information content (AvgIpc) is 3.00. The lowest BCUT2D eigenvalue weighted by atomic mass is 10.0. The van der Waals surface area contributed by atoms with Gasteiger partial charge in [-0.1, -0.05) is 36.4 Å². The maximum Gasteiger partial charge on any atom is 0.162 e. The highest BCUT2D eigenvalue weighted by Crippen LogP contribution is 2.25. The Bertz CT molecular complexity index is 1000. The van der Waals surface area contributed by atoms with Crippen LogP contribution in [-0.2, 0) is 6.42 Å². The Morgan fingerprint density at radius 1 is 0.958 bits per heavy atom. The van der Waals surface area contributed by atoms with E-state index in [-0.39, 0.29) is 5.78 Å². The lowest BCUT2D eigenvalue weighted by Gasteiger charge is -2.03. The molecule has 0 saturated carbocycles. The monoisotopic (exact) mass is 314 g/mol. The maximum absolute atomic E-state index is 12.2. The standard InChI is InChI=1S/C21H18N2O/c24-20(16-7-2-1-3-8-16)10-4-6-15-11-12-19-18(14-15)17-9-5-13-22-21(17)23-19/h1-3,5,7-9,11-14H,4,6,10H2,(H,22,23). The Balaban J connectivity index is 1.49. The van der Waals surface area contributed by atoms with Crippen LogP contribution < -0.4 is 0 Å². The van der Waals surface area contributed by atoms with Crippen molar-refractivity contribution in [2.45, 2.75) is 19.3 Å². The zero-order chi connectivity index (χ0) is 16.4. The molecule has 0 saturated heterocycles. The van der Waals surface area contributed by atoms with Gasteiger partial charge in [-0.05, 0) is 42.7 Å². The van der Waals surface area contributed by atoms with Crippen molar-refractivity contribution in [1.82, 2.24) is 9.97 Å². The average molecular weight is 314 g/mol. The number of carbonyl (C=O) groups excluding carboxylic acids is 1. The molecule has 0 unspecified atom stereocenters. The van der Waals surface area contributed by atoms with Crippen LogP contribution in [0.2, 0.25) is 0 Å². The van der Waals surface area contributed by atoms with Crippen molar-refractivity contribution in [3.63, 3.8) is 0 Å². The predicted octanol–water partition coefficient (Wildman–Crippen LogP) is 4.92. The van der Waals surface area contributed by atoms with Crippen LogP contribution in [0, 0.1) is 0 Å². The quantitative estimate of drug-likeness (QED) is 0.531. The number of hydrogen-bond acceptors (Lipinski definition) is 2. The summed E-state index contributed by atoms with van der Waals surface area (Å²) in [6, 6.07) is 20.0. The SMILES string of the molecule is O=C(CCCc1ccc2[nH]c3ncccc3c2c1)c1ccccc1. The number of pyridine rings is 1. The number of aromatic nitrogens is 2. The predicted molar refractivity (Wildman–Crippen MR) is 97.3 cm³/mol. The van der Waals surface area contributed by atoms with Gasteiger partial charge in [-0.2, -0.15) is 0 Å². The number of ketones is 1. The molecule has 0 radical (unpaired) electrons. The van der Waals surface area contributed by atoms with Crippen molar-refractivity contribution >= 4 is 27.7 Å². The zero-order valence-corrected chi connectivity index (χ0v) is 13.3. The molecule has 1 N–H and O–H groups in total. The number of Topliss-reactive ketones (excluding diaryl/α,β-unsaturated/α-hetero) is 1. The molecule has 2 aromatic heterocycles. The van der Waals surface area contributed by atoms with E-state index in [0.29, 0.717) is 6.42 Å². The smallest absolute Gasteiger partial charge is 0.162 e. The number of aryl methyl sites for hydroxylation is 1. The molecule has 0 spiro atoms. The number of aromatic amines is 1. The fraction of sp³-hybridized carbons (Fsp3) is 0.143. The Hall–Kier alpha value is -2.94. The van der Waals surface area contributed by atoms with Gasteiger partial charge in [-0.25, -0.2) is 4.98 Å². The van der Waals surface area contributed by atoms with Gasteiger partial charge in [0.05, 0.1) is 0 Å². The molecule has 0 aliphatic carbocycles. The first-order valence-corrected chi connectivity index (χ1v) is 8.25. The Kier molecular flexibility index (Phi) is 3.83. The lowest BCUT2D eigenvalue weighted by Crippen LogP contribution is -1.99. The Morgan fingerprint density at radius 3 is 2.71 bits per heavy atom. The Morgan fingerprint density at radius 2 is 1.83 bits per heavy atom. The van der Waals surface area contributed by atoms with Gasteiger partial charge in [-0.15, -0.1) is 0 Å². The summed E-state index contributed by atoms with van der Waals surface area (Å²) in [7, 11) is 0. The summed E-state index contributed by atoms with van der Waals surface area (Å²) >= 11 is 0. The second kappa shape index (κ2) is 6.28. The second-order valence-corrected chi connectivity index (χ2v) is 6.05. The van der Waals surface area contributed by atoms with E-state index in [1.165, 1.54) is 10.9 Å². The molecule has 118 valence electrons. The first kappa shape index (κ1) is 14.6. The molecule has 4 rings (SSSR count). The highest BCUT2D eigenvalue weighted by Gasteiger charge is 2.07. The summed E-state index contributed by atoms with van der Waals surface area (Å²) in [6.07, 6.45) is 4.15. The summed E-state index contributed by atoms with van der Waals surface area (Å²) in [5, 5.41) is 2.35. The third kappa shape index (κ3) is 2.81. The van der Waals surface area contributed by atoms with E-state index in [1.54, 1.807) is 6.20 Å². The van der Waals surface area contributed by atoms with Gasteiger partial charge in [0.2, 0.25) is 0 Å². The van der Waals surface area contributed by atoms with Crippen LogP contribution in [0.15, 0.2) is 66.9 Å². The van der Waals surface area contributed by atoms with E-state index >= 15 is 0 Å². The molecule has 3 nitrogen and oxygen atoms in total. The van der Waals surface area contributed by atoms with E-state index in [4.69, 9.17) is 0 Å². The van der Waals surface area contributed by atoms with Gasteiger partial charge in [-0.3, -0.25) is 4.79 Å². The van der Waals surface area contributed by atoms with E-state index in [0.717, 1.165) is 35.0 Å². The van der Waals surface area contributed by atoms with E-state index in [2.05, 4.69) is 34.2 Å². The van der Waals surface area contributed by atoms with E-state index < -0.39 is 0 Å². The third-order valence-corrected chi connectivity index (χ3v) is 4.40. The molecule has 0 aliphatic rings. The number of rotatable bonds is 5. The van der Waals surface area contributed by atoms with E-state index in [1.807, 2.05) is 36.4 Å². The van der Waals surface area contributed by atoms with Gasteiger partial charge >= 0.3 is 0 Å². The first-order valence-electron chi connectivity index (χ1n) is 8.25. The van der Waals surface area contributed by atoms with Gasteiger partial charge in [0.1, 0.15) is 5.65 Å². The van der Waals surface area contributed by atoms with Crippen LogP contribution in [0.5, 0.6) is 0 Å². The van der Waals surface area contributed by atoms with Crippen LogP contribution in [-0.4, -0.2) is 15.8 Å². The number of benzene rings is 2. The highest BCUT2D eigenvalue weighted by atomic mass is 16.1. The zero-order valence-electron chi connectivity index (χ0n) is 13.3. The van der Waals surface area contributed by atoms with Crippen molar-refractivity contribution in [1.29, 1.82) is 0 Å². The molecule has 0 bridgehead atoms. The molecule has 2 aromatic carbocycles. The number of H-pyrrole nitrogens is 1. The minimum absolute atomic E-state index is 0.216. The van der Waals surface area contributed by atoms with Crippen LogP contribution >= 0.6 is 0 Å². The number of fused-ring (bicyclic) bond motifs is 3. The molecular formula is C21H18N2O.